The third kappa shape index (κ3) is 0.890. The van der Waals surface area contributed by atoms with Crippen molar-refractivity contribution in [2.75, 3.05) is 0 Å². The Balaban J connectivity index is 2.37. The number of ketones is 1. The zero-order chi connectivity index (χ0) is 9.80. The monoisotopic (exact) mass is 180 g/mol. The van der Waals surface area contributed by atoms with Crippen molar-refractivity contribution < 1.29 is 9.59 Å². The smallest absolute Gasteiger partial charge is 0.146 e. The van der Waals surface area contributed by atoms with Gasteiger partial charge in [0.15, 0.2) is 0 Å². The summed E-state index contributed by atoms with van der Waals surface area (Å²) in [5.41, 5.74) is 0.171. The second-order valence-corrected chi connectivity index (χ2v) is 5.12. The van der Waals surface area contributed by atoms with E-state index >= 15 is 0 Å². The second kappa shape index (κ2) is 2.43. The summed E-state index contributed by atoms with van der Waals surface area (Å²) in [6, 6.07) is 0. The van der Waals surface area contributed by atoms with E-state index in [1.54, 1.807) is 0 Å². The molecule has 4 atom stereocenters. The van der Waals surface area contributed by atoms with E-state index in [0.717, 1.165) is 12.7 Å². The molecule has 0 aromatic heterocycles. The summed E-state index contributed by atoms with van der Waals surface area (Å²) in [5.74, 6) is 0.817. The van der Waals surface area contributed by atoms with E-state index in [1.165, 1.54) is 0 Å². The van der Waals surface area contributed by atoms with Gasteiger partial charge in [0.05, 0.1) is 5.92 Å². The summed E-state index contributed by atoms with van der Waals surface area (Å²) in [6.45, 7) is 6.51. The highest BCUT2D eigenvalue weighted by Crippen LogP contribution is 2.59. The van der Waals surface area contributed by atoms with E-state index in [0.29, 0.717) is 11.8 Å². The lowest BCUT2D eigenvalue weighted by molar-refractivity contribution is -0.134. The second-order valence-electron chi connectivity index (χ2n) is 5.12. The van der Waals surface area contributed by atoms with Gasteiger partial charge in [-0.05, 0) is 23.7 Å². The van der Waals surface area contributed by atoms with Crippen LogP contribution in [0.25, 0.3) is 0 Å². The van der Waals surface area contributed by atoms with E-state index in [4.69, 9.17) is 0 Å². The van der Waals surface area contributed by atoms with Crippen LogP contribution in [0.4, 0.5) is 0 Å². The quantitative estimate of drug-likeness (QED) is 0.454. The Morgan fingerprint density at radius 3 is 2.54 bits per heavy atom. The van der Waals surface area contributed by atoms with Gasteiger partial charge in [-0.15, -0.1) is 0 Å². The number of aldehydes is 1. The SMILES string of the molecule is CC1C2CC(C(C=O)C2=O)C1(C)C. The number of carbonyl (C=O) groups is 2. The first-order valence-electron chi connectivity index (χ1n) is 4.99. The van der Waals surface area contributed by atoms with Gasteiger partial charge in [0, 0.05) is 5.92 Å². The van der Waals surface area contributed by atoms with Crippen LogP contribution in [0.1, 0.15) is 27.2 Å². The molecule has 2 heteroatoms. The van der Waals surface area contributed by atoms with E-state index in [2.05, 4.69) is 20.8 Å². The van der Waals surface area contributed by atoms with Gasteiger partial charge in [-0.2, -0.15) is 0 Å². The van der Waals surface area contributed by atoms with Gasteiger partial charge in [-0.1, -0.05) is 20.8 Å². The Hall–Kier alpha value is -0.660. The highest BCUT2D eigenvalue weighted by atomic mass is 16.1. The molecule has 0 aliphatic heterocycles. The van der Waals surface area contributed by atoms with Crippen molar-refractivity contribution in [1.82, 2.24) is 0 Å². The molecule has 0 aromatic rings. The fourth-order valence-corrected chi connectivity index (χ4v) is 3.22. The molecule has 0 heterocycles. The predicted molar refractivity (Wildman–Crippen MR) is 49.1 cm³/mol. The molecule has 2 aliphatic carbocycles. The van der Waals surface area contributed by atoms with Gasteiger partial charge in [0.25, 0.3) is 0 Å². The molecule has 2 rings (SSSR count). The Bertz CT molecular complexity index is 267. The predicted octanol–water partition coefficient (Wildman–Crippen LogP) is 1.68. The first-order valence-corrected chi connectivity index (χ1v) is 4.99. The Kier molecular flexibility index (Phi) is 1.67. The minimum absolute atomic E-state index is 0.162. The van der Waals surface area contributed by atoms with Crippen LogP contribution >= 0.6 is 0 Å². The Labute approximate surface area is 78.7 Å². The van der Waals surface area contributed by atoms with Gasteiger partial charge in [0.1, 0.15) is 12.1 Å². The minimum atomic E-state index is -0.295. The first kappa shape index (κ1) is 8.92. The van der Waals surface area contributed by atoms with Crippen molar-refractivity contribution in [3.8, 4) is 0 Å². The fraction of sp³-hybridized carbons (Fsp3) is 0.818. The summed E-state index contributed by atoms with van der Waals surface area (Å²) in [6.07, 6.45) is 1.80. The van der Waals surface area contributed by atoms with Gasteiger partial charge in [-0.25, -0.2) is 0 Å². The minimum Gasteiger partial charge on any atom is -0.303 e. The van der Waals surface area contributed by atoms with Crippen LogP contribution in [0.2, 0.25) is 0 Å². The van der Waals surface area contributed by atoms with Crippen LogP contribution in [0.15, 0.2) is 0 Å². The number of hydrogen-bond donors (Lipinski definition) is 0. The van der Waals surface area contributed by atoms with Crippen molar-refractivity contribution >= 4 is 12.1 Å². The van der Waals surface area contributed by atoms with Gasteiger partial charge >= 0.3 is 0 Å². The molecule has 13 heavy (non-hydrogen) atoms. The molecule has 0 N–H and O–H groups in total. The highest BCUT2D eigenvalue weighted by Gasteiger charge is 2.59. The molecule has 0 spiro atoms. The summed E-state index contributed by atoms with van der Waals surface area (Å²) < 4.78 is 0. The molecular weight excluding hydrogens is 164 g/mol. The molecule has 2 bridgehead atoms. The number of rotatable bonds is 1. The Morgan fingerprint density at radius 1 is 1.46 bits per heavy atom. The maximum atomic E-state index is 11.7. The maximum absolute atomic E-state index is 11.7. The highest BCUT2D eigenvalue weighted by molar-refractivity contribution is 5.98. The number of hydrogen-bond acceptors (Lipinski definition) is 2. The summed E-state index contributed by atoms with van der Waals surface area (Å²) in [5, 5.41) is 0. The number of carbonyl (C=O) groups excluding carboxylic acids is 2. The lowest BCUT2D eigenvalue weighted by atomic mass is 9.65. The molecule has 0 saturated heterocycles. The van der Waals surface area contributed by atoms with Gasteiger partial charge < -0.3 is 4.79 Å². The maximum Gasteiger partial charge on any atom is 0.146 e. The molecule has 2 aliphatic rings. The lowest BCUT2D eigenvalue weighted by Crippen LogP contribution is -2.40. The third-order valence-electron chi connectivity index (χ3n) is 4.51. The zero-order valence-corrected chi connectivity index (χ0v) is 8.41. The molecule has 72 valence electrons. The molecule has 2 saturated carbocycles. The van der Waals surface area contributed by atoms with Gasteiger partial charge in [0.2, 0.25) is 0 Å². The van der Waals surface area contributed by atoms with Crippen LogP contribution in [0, 0.1) is 29.1 Å². The van der Waals surface area contributed by atoms with E-state index in [-0.39, 0.29) is 23.0 Å². The van der Waals surface area contributed by atoms with Crippen LogP contribution in [0.5, 0.6) is 0 Å². The topological polar surface area (TPSA) is 34.1 Å². The van der Waals surface area contributed by atoms with Gasteiger partial charge in [-0.3, -0.25) is 4.79 Å². The van der Waals surface area contributed by atoms with Crippen LogP contribution in [0.3, 0.4) is 0 Å². The first-order chi connectivity index (χ1) is 6.00. The van der Waals surface area contributed by atoms with Crippen molar-refractivity contribution in [2.45, 2.75) is 27.2 Å². The third-order valence-corrected chi connectivity index (χ3v) is 4.51. The average molecular weight is 180 g/mol. The van der Waals surface area contributed by atoms with Crippen molar-refractivity contribution in [1.29, 1.82) is 0 Å². The van der Waals surface area contributed by atoms with Crippen LogP contribution in [-0.4, -0.2) is 12.1 Å². The number of Topliss-reactive ketones (excluding diaryl/α,β-unsaturated/α-hetero) is 1. The molecule has 2 fully saturated rings. The molecule has 0 radical (unpaired) electrons. The summed E-state index contributed by atoms with van der Waals surface area (Å²) in [4.78, 5) is 22.4. The molecule has 2 nitrogen and oxygen atoms in total. The standard InChI is InChI=1S/C11H16O2/c1-6-7-4-9(11(6,2)3)8(5-12)10(7)13/h5-9H,4H2,1-3H3. The lowest BCUT2D eigenvalue weighted by Gasteiger charge is -2.37. The average Bonchev–Trinajstić information content (AvgIpc) is 2.50. The van der Waals surface area contributed by atoms with Crippen molar-refractivity contribution in [2.24, 2.45) is 29.1 Å². The largest absolute Gasteiger partial charge is 0.303 e. The van der Waals surface area contributed by atoms with Crippen LogP contribution < -0.4 is 0 Å². The molecular formula is C11H16O2. The Morgan fingerprint density at radius 2 is 2.08 bits per heavy atom. The van der Waals surface area contributed by atoms with Crippen LogP contribution in [-0.2, 0) is 9.59 Å². The van der Waals surface area contributed by atoms with Crippen molar-refractivity contribution in [3.05, 3.63) is 0 Å². The summed E-state index contributed by atoms with van der Waals surface area (Å²) >= 11 is 0. The van der Waals surface area contributed by atoms with E-state index < -0.39 is 0 Å². The zero-order valence-electron chi connectivity index (χ0n) is 8.41. The van der Waals surface area contributed by atoms with Crippen molar-refractivity contribution in [3.63, 3.8) is 0 Å². The van der Waals surface area contributed by atoms with E-state index in [1.807, 2.05) is 0 Å². The summed E-state index contributed by atoms with van der Waals surface area (Å²) in [7, 11) is 0. The molecule has 4 unspecified atom stereocenters. The fourth-order valence-electron chi connectivity index (χ4n) is 3.22. The molecule has 0 aromatic carbocycles. The molecule has 0 amide bonds. The number of fused-ring (bicyclic) bond motifs is 2. The van der Waals surface area contributed by atoms with E-state index in [9.17, 15) is 9.59 Å². The normalized spacial score (nSPS) is 46.8.